The molecule has 2 N–H and O–H groups in total. The fourth-order valence-corrected chi connectivity index (χ4v) is 3.23. The predicted molar refractivity (Wildman–Crippen MR) is 114 cm³/mol. The van der Waals surface area contributed by atoms with Crippen molar-refractivity contribution in [3.63, 3.8) is 0 Å². The van der Waals surface area contributed by atoms with Gasteiger partial charge in [0, 0.05) is 13.1 Å². The second-order valence-corrected chi connectivity index (χ2v) is 7.12. The molecule has 4 amide bonds. The number of aryl methyl sites for hydroxylation is 1. The smallest absolute Gasteiger partial charge is 0.262 e. The summed E-state index contributed by atoms with van der Waals surface area (Å²) in [5, 5.41) is 5.22. The molecule has 0 spiro atoms. The van der Waals surface area contributed by atoms with Crippen LogP contribution < -0.4 is 15.4 Å². The van der Waals surface area contributed by atoms with Crippen LogP contribution >= 0.6 is 0 Å². The van der Waals surface area contributed by atoms with Gasteiger partial charge in [0.05, 0.1) is 11.1 Å². The lowest BCUT2D eigenvalue weighted by atomic mass is 10.1. The summed E-state index contributed by atoms with van der Waals surface area (Å²) in [6.07, 6.45) is 2.07. The second kappa shape index (κ2) is 10.4. The van der Waals surface area contributed by atoms with Gasteiger partial charge < -0.3 is 15.4 Å². The zero-order valence-electron chi connectivity index (χ0n) is 17.3. The van der Waals surface area contributed by atoms with Crippen LogP contribution in [0.4, 0.5) is 0 Å². The highest BCUT2D eigenvalue weighted by molar-refractivity contribution is 6.22. The molecule has 1 aliphatic rings. The van der Waals surface area contributed by atoms with Gasteiger partial charge in [-0.25, -0.2) is 0 Å². The van der Waals surface area contributed by atoms with Crippen LogP contribution in [0, 0.1) is 0 Å². The molecular formula is C23H25N3O5. The van der Waals surface area contributed by atoms with Crippen LogP contribution in [0.3, 0.4) is 0 Å². The summed E-state index contributed by atoms with van der Waals surface area (Å²) in [7, 11) is 0. The number of imide groups is 1. The molecule has 1 aliphatic heterocycles. The monoisotopic (exact) mass is 423 g/mol. The van der Waals surface area contributed by atoms with Gasteiger partial charge in [0.2, 0.25) is 5.91 Å². The molecule has 0 saturated carbocycles. The molecule has 0 atom stereocenters. The van der Waals surface area contributed by atoms with Gasteiger partial charge in [-0.2, -0.15) is 0 Å². The van der Waals surface area contributed by atoms with E-state index in [1.807, 2.05) is 24.3 Å². The fourth-order valence-electron chi connectivity index (χ4n) is 3.23. The maximum absolute atomic E-state index is 12.3. The normalized spacial score (nSPS) is 12.5. The first-order valence-corrected chi connectivity index (χ1v) is 10.2. The van der Waals surface area contributed by atoms with Gasteiger partial charge in [0.25, 0.3) is 17.7 Å². The quantitative estimate of drug-likeness (QED) is 0.446. The SMILES string of the molecule is CCCc1ccc(OCC(=O)NCCNC(=O)CN2C(=O)c3ccccc3C2=O)cc1. The Morgan fingerprint density at radius 1 is 0.871 bits per heavy atom. The van der Waals surface area contributed by atoms with Gasteiger partial charge in [-0.15, -0.1) is 0 Å². The van der Waals surface area contributed by atoms with Crippen LogP contribution in [-0.2, 0) is 16.0 Å². The number of fused-ring (bicyclic) bond motifs is 1. The molecule has 0 fully saturated rings. The molecule has 162 valence electrons. The maximum atomic E-state index is 12.3. The van der Waals surface area contributed by atoms with E-state index < -0.39 is 17.7 Å². The van der Waals surface area contributed by atoms with E-state index in [9.17, 15) is 19.2 Å². The molecule has 0 bridgehead atoms. The van der Waals surface area contributed by atoms with Crippen molar-refractivity contribution in [1.29, 1.82) is 0 Å². The summed E-state index contributed by atoms with van der Waals surface area (Å²) >= 11 is 0. The highest BCUT2D eigenvalue weighted by Crippen LogP contribution is 2.21. The Morgan fingerprint density at radius 3 is 2.03 bits per heavy atom. The Balaban J connectivity index is 1.33. The minimum absolute atomic E-state index is 0.129. The van der Waals surface area contributed by atoms with Crippen molar-refractivity contribution in [1.82, 2.24) is 15.5 Å². The van der Waals surface area contributed by atoms with E-state index in [0.717, 1.165) is 17.7 Å². The molecular weight excluding hydrogens is 398 g/mol. The first kappa shape index (κ1) is 22.0. The van der Waals surface area contributed by atoms with Crippen LogP contribution in [-0.4, -0.2) is 54.8 Å². The molecule has 31 heavy (non-hydrogen) atoms. The number of hydrogen-bond donors (Lipinski definition) is 2. The standard InChI is InChI=1S/C23H25N3O5/c1-2-5-16-8-10-17(11-9-16)31-15-21(28)25-13-12-24-20(27)14-26-22(29)18-6-3-4-7-19(18)23(26)30/h3-4,6-11H,2,5,12-15H2,1H3,(H,24,27)(H,25,28). The van der Waals surface area contributed by atoms with Crippen molar-refractivity contribution in [2.75, 3.05) is 26.2 Å². The van der Waals surface area contributed by atoms with Crippen LogP contribution in [0.15, 0.2) is 48.5 Å². The van der Waals surface area contributed by atoms with Crippen LogP contribution in [0.1, 0.15) is 39.6 Å². The average Bonchev–Trinajstić information content (AvgIpc) is 3.01. The molecule has 0 radical (unpaired) electrons. The average molecular weight is 423 g/mol. The second-order valence-electron chi connectivity index (χ2n) is 7.12. The third-order valence-corrected chi connectivity index (χ3v) is 4.78. The van der Waals surface area contributed by atoms with E-state index in [-0.39, 0.29) is 32.1 Å². The Morgan fingerprint density at radius 2 is 1.45 bits per heavy atom. The number of amides is 4. The minimum Gasteiger partial charge on any atom is -0.484 e. The lowest BCUT2D eigenvalue weighted by Crippen LogP contribution is -2.43. The van der Waals surface area contributed by atoms with Crippen molar-refractivity contribution >= 4 is 23.6 Å². The third kappa shape index (κ3) is 5.69. The number of nitrogens with one attached hydrogen (secondary N) is 2. The summed E-state index contributed by atoms with van der Waals surface area (Å²) in [4.78, 5) is 49.4. The largest absolute Gasteiger partial charge is 0.484 e. The number of benzene rings is 2. The highest BCUT2D eigenvalue weighted by atomic mass is 16.5. The van der Waals surface area contributed by atoms with Crippen LogP contribution in [0.25, 0.3) is 0 Å². The summed E-state index contributed by atoms with van der Waals surface area (Å²) < 4.78 is 5.44. The van der Waals surface area contributed by atoms with E-state index >= 15 is 0 Å². The van der Waals surface area contributed by atoms with Crippen molar-refractivity contribution < 1.29 is 23.9 Å². The van der Waals surface area contributed by atoms with Gasteiger partial charge >= 0.3 is 0 Å². The predicted octanol–water partition coefficient (Wildman–Crippen LogP) is 1.55. The molecule has 8 nitrogen and oxygen atoms in total. The molecule has 2 aromatic rings. The van der Waals surface area contributed by atoms with E-state index in [2.05, 4.69) is 17.6 Å². The molecule has 0 unspecified atom stereocenters. The summed E-state index contributed by atoms with van der Waals surface area (Å²) in [6, 6.07) is 14.1. The third-order valence-electron chi connectivity index (χ3n) is 4.78. The number of hydrogen-bond acceptors (Lipinski definition) is 5. The van der Waals surface area contributed by atoms with Gasteiger partial charge in [-0.3, -0.25) is 24.1 Å². The highest BCUT2D eigenvalue weighted by Gasteiger charge is 2.36. The van der Waals surface area contributed by atoms with E-state index in [1.54, 1.807) is 24.3 Å². The Labute approximate surface area is 180 Å². The summed E-state index contributed by atoms with van der Waals surface area (Å²) in [5.41, 5.74) is 1.82. The molecule has 0 saturated heterocycles. The first-order valence-electron chi connectivity index (χ1n) is 10.2. The Kier molecular flexibility index (Phi) is 7.37. The van der Waals surface area contributed by atoms with Crippen LogP contribution in [0.2, 0.25) is 0 Å². The van der Waals surface area contributed by atoms with Gasteiger partial charge in [-0.1, -0.05) is 37.6 Å². The number of carbonyl (C=O) groups is 4. The molecule has 1 heterocycles. The van der Waals surface area contributed by atoms with Gasteiger partial charge in [0.1, 0.15) is 12.3 Å². The number of rotatable bonds is 10. The zero-order valence-corrected chi connectivity index (χ0v) is 17.3. The van der Waals surface area contributed by atoms with E-state index in [0.29, 0.717) is 16.9 Å². The Hall–Kier alpha value is -3.68. The molecule has 8 heteroatoms. The van der Waals surface area contributed by atoms with Gasteiger partial charge in [-0.05, 0) is 36.2 Å². The van der Waals surface area contributed by atoms with Gasteiger partial charge in [0.15, 0.2) is 6.61 Å². The maximum Gasteiger partial charge on any atom is 0.262 e. The number of nitrogens with zero attached hydrogens (tertiary/aromatic N) is 1. The lowest BCUT2D eigenvalue weighted by molar-refractivity contribution is -0.124. The lowest BCUT2D eigenvalue weighted by Gasteiger charge is -2.14. The Bertz CT molecular complexity index is 936. The van der Waals surface area contributed by atoms with E-state index in [4.69, 9.17) is 4.74 Å². The number of carbonyl (C=O) groups excluding carboxylic acids is 4. The molecule has 3 rings (SSSR count). The zero-order chi connectivity index (χ0) is 22.2. The van der Waals surface area contributed by atoms with Crippen molar-refractivity contribution in [2.45, 2.75) is 19.8 Å². The summed E-state index contributed by atoms with van der Waals surface area (Å²) in [5.74, 6) is -1.14. The topological polar surface area (TPSA) is 105 Å². The molecule has 0 aromatic heterocycles. The molecule has 2 aromatic carbocycles. The first-order chi connectivity index (χ1) is 15.0. The van der Waals surface area contributed by atoms with Crippen LogP contribution in [0.5, 0.6) is 5.75 Å². The number of ether oxygens (including phenoxy) is 1. The van der Waals surface area contributed by atoms with Crippen molar-refractivity contribution in [3.05, 3.63) is 65.2 Å². The fraction of sp³-hybridized carbons (Fsp3) is 0.304. The van der Waals surface area contributed by atoms with Crippen molar-refractivity contribution in [3.8, 4) is 5.75 Å². The summed E-state index contributed by atoms with van der Waals surface area (Å²) in [6.45, 7) is 1.99. The van der Waals surface area contributed by atoms with E-state index in [1.165, 1.54) is 5.56 Å². The van der Waals surface area contributed by atoms with Crippen molar-refractivity contribution in [2.24, 2.45) is 0 Å². The minimum atomic E-state index is -0.482. The molecule has 0 aliphatic carbocycles.